The van der Waals surface area contributed by atoms with Gasteiger partial charge in [0.1, 0.15) is 0 Å². The topological polar surface area (TPSA) is 46.2 Å². The summed E-state index contributed by atoms with van der Waals surface area (Å²) in [5, 5.41) is 3.96. The van der Waals surface area contributed by atoms with Gasteiger partial charge in [0.2, 0.25) is 0 Å². The van der Waals surface area contributed by atoms with Crippen LogP contribution < -0.4 is 9.78 Å². The number of Topliss-reactive ketones (excluding diaryl/α,β-unsaturated/α-hetero) is 1. The number of hydrogen-bond acceptors (Lipinski definition) is 2. The third-order valence-corrected chi connectivity index (χ3v) is 5.47. The van der Waals surface area contributed by atoms with Crippen molar-refractivity contribution in [2.24, 2.45) is 0 Å². The predicted molar refractivity (Wildman–Crippen MR) is 86.7 cm³/mol. The summed E-state index contributed by atoms with van der Waals surface area (Å²) in [4.78, 5) is 23.5. The van der Waals surface area contributed by atoms with Gasteiger partial charge in [-0.1, -0.05) is 0 Å². The Morgan fingerprint density at radius 1 is 1.10 bits per heavy atom. The maximum atomic E-state index is 12.3. The van der Waals surface area contributed by atoms with Gasteiger partial charge in [-0.25, -0.2) is 0 Å². The third kappa shape index (κ3) is 4.71. The minimum atomic E-state index is -0.168. The Balaban J connectivity index is 2.14. The van der Waals surface area contributed by atoms with E-state index in [9.17, 15) is 9.59 Å². The zero-order valence-corrected chi connectivity index (χ0v) is 13.9. The van der Waals surface area contributed by atoms with Crippen molar-refractivity contribution in [1.29, 1.82) is 0 Å². The van der Waals surface area contributed by atoms with Crippen LogP contribution in [0, 0.1) is 0 Å². The number of halogens is 1. The summed E-state index contributed by atoms with van der Waals surface area (Å²) in [5.74, 6) is -0.0266. The van der Waals surface area contributed by atoms with E-state index in [4.69, 9.17) is 11.6 Å². The molecule has 5 heteroatoms. The second-order valence-electron chi connectivity index (χ2n) is 4.45. The van der Waals surface area contributed by atoms with Crippen LogP contribution in [0.5, 0.6) is 0 Å². The monoisotopic (exact) mass is 367 g/mol. The molecule has 1 amide bonds. The van der Waals surface area contributed by atoms with Crippen molar-refractivity contribution in [1.82, 2.24) is 0 Å². The Morgan fingerprint density at radius 3 is 2.43 bits per heavy atom. The molecule has 1 N–H and O–H groups in total. The molecule has 3 nitrogen and oxygen atoms in total. The average molecular weight is 367 g/mol. The van der Waals surface area contributed by atoms with Gasteiger partial charge in [0.05, 0.1) is 0 Å². The van der Waals surface area contributed by atoms with Gasteiger partial charge in [-0.2, -0.15) is 0 Å². The standard InChI is InChI=1S/C16H14ClNO2Se/c1-11(19)10-21-15-5-3-2-4-14(15)16(20)18-13-8-6-12(17)7-9-13/h2-9H,10H2,1H3,(H,18,20). The Hall–Kier alpha value is -1.61. The van der Waals surface area contributed by atoms with Crippen molar-refractivity contribution >= 4 is 48.4 Å². The first-order valence-electron chi connectivity index (χ1n) is 6.34. The molecule has 0 bridgehead atoms. The quantitative estimate of drug-likeness (QED) is 0.827. The fourth-order valence-electron chi connectivity index (χ4n) is 1.69. The van der Waals surface area contributed by atoms with Crippen molar-refractivity contribution in [3.05, 3.63) is 59.1 Å². The van der Waals surface area contributed by atoms with Gasteiger partial charge >= 0.3 is 135 Å². The Morgan fingerprint density at radius 2 is 1.76 bits per heavy atom. The van der Waals surface area contributed by atoms with E-state index in [0.29, 0.717) is 21.6 Å². The van der Waals surface area contributed by atoms with E-state index in [-0.39, 0.29) is 26.6 Å². The molecule has 108 valence electrons. The van der Waals surface area contributed by atoms with Gasteiger partial charge in [0.15, 0.2) is 0 Å². The molecule has 0 atom stereocenters. The SMILES string of the molecule is CC(=O)C[Se]c1ccccc1C(=O)Nc1ccc(Cl)cc1. The Kier molecular flexibility index (Phi) is 5.57. The average Bonchev–Trinajstić information content (AvgIpc) is 2.47. The van der Waals surface area contributed by atoms with Crippen LogP contribution in [0.2, 0.25) is 10.3 Å². The first-order chi connectivity index (χ1) is 10.1. The molecular formula is C16H14ClNO2Se. The molecule has 0 fully saturated rings. The van der Waals surface area contributed by atoms with Gasteiger partial charge in [-0.3, -0.25) is 0 Å². The fraction of sp³-hybridized carbons (Fsp3) is 0.125. The molecule has 0 heterocycles. The third-order valence-electron chi connectivity index (χ3n) is 2.66. The summed E-state index contributed by atoms with van der Waals surface area (Å²) in [6.45, 7) is 1.57. The van der Waals surface area contributed by atoms with E-state index in [1.165, 1.54) is 0 Å². The van der Waals surface area contributed by atoms with Crippen LogP contribution in [0.4, 0.5) is 5.69 Å². The van der Waals surface area contributed by atoms with Gasteiger partial charge in [0.25, 0.3) is 0 Å². The van der Waals surface area contributed by atoms with Crippen LogP contribution in [0.25, 0.3) is 0 Å². The number of anilines is 1. The van der Waals surface area contributed by atoms with Crippen molar-refractivity contribution in [3.63, 3.8) is 0 Å². The molecule has 2 aromatic carbocycles. The number of nitrogens with one attached hydrogen (secondary N) is 1. The van der Waals surface area contributed by atoms with Crippen LogP contribution in [0.15, 0.2) is 48.5 Å². The number of carbonyl (C=O) groups is 2. The van der Waals surface area contributed by atoms with E-state index in [0.717, 1.165) is 4.46 Å². The molecule has 2 aromatic rings. The summed E-state index contributed by atoms with van der Waals surface area (Å²) < 4.78 is 0.937. The summed E-state index contributed by atoms with van der Waals surface area (Å²) >= 11 is 5.79. The van der Waals surface area contributed by atoms with Crippen LogP contribution >= 0.6 is 11.6 Å². The number of rotatable bonds is 5. The molecule has 0 radical (unpaired) electrons. The zero-order chi connectivity index (χ0) is 15.2. The summed E-state index contributed by atoms with van der Waals surface area (Å²) in [5.41, 5.74) is 1.31. The molecule has 0 saturated carbocycles. The van der Waals surface area contributed by atoms with Crippen LogP contribution in [-0.4, -0.2) is 26.6 Å². The van der Waals surface area contributed by atoms with Crippen molar-refractivity contribution in [3.8, 4) is 0 Å². The number of carbonyl (C=O) groups excluding carboxylic acids is 2. The molecule has 0 unspecified atom stereocenters. The van der Waals surface area contributed by atoms with Crippen LogP contribution in [0.3, 0.4) is 0 Å². The van der Waals surface area contributed by atoms with Crippen LogP contribution in [-0.2, 0) is 4.79 Å². The normalized spacial score (nSPS) is 10.2. The van der Waals surface area contributed by atoms with E-state index < -0.39 is 0 Å². The summed E-state index contributed by atoms with van der Waals surface area (Å²) in [6, 6.07) is 14.3. The zero-order valence-electron chi connectivity index (χ0n) is 11.4. The van der Waals surface area contributed by atoms with E-state index >= 15 is 0 Å². The summed E-state index contributed by atoms with van der Waals surface area (Å²) in [6.07, 6.45) is 0. The molecule has 0 aliphatic heterocycles. The van der Waals surface area contributed by atoms with Crippen molar-refractivity contribution < 1.29 is 9.59 Å². The molecule has 0 aliphatic rings. The second-order valence-corrected chi connectivity index (χ2v) is 7.02. The Bertz CT molecular complexity index is 656. The van der Waals surface area contributed by atoms with Crippen LogP contribution in [0.1, 0.15) is 17.3 Å². The molecule has 2 rings (SSSR count). The first-order valence-corrected chi connectivity index (χ1v) is 8.79. The van der Waals surface area contributed by atoms with Gasteiger partial charge in [-0.15, -0.1) is 0 Å². The number of amides is 1. The minimum absolute atomic E-state index is 0.0280. The van der Waals surface area contributed by atoms with E-state index in [1.807, 2.05) is 18.2 Å². The summed E-state index contributed by atoms with van der Waals surface area (Å²) in [7, 11) is 0. The molecule has 21 heavy (non-hydrogen) atoms. The molecule has 0 aliphatic carbocycles. The van der Waals surface area contributed by atoms with Crippen molar-refractivity contribution in [2.45, 2.75) is 12.2 Å². The number of benzene rings is 2. The number of hydrogen-bond donors (Lipinski definition) is 1. The molecule has 0 aromatic heterocycles. The van der Waals surface area contributed by atoms with Gasteiger partial charge in [0, 0.05) is 0 Å². The molecule has 0 spiro atoms. The second kappa shape index (κ2) is 7.41. The molecule has 0 saturated heterocycles. The fourth-order valence-corrected chi connectivity index (χ4v) is 3.60. The number of ketones is 1. The van der Waals surface area contributed by atoms with E-state index in [1.54, 1.807) is 37.3 Å². The van der Waals surface area contributed by atoms with Gasteiger partial charge in [-0.05, 0) is 0 Å². The first kappa shape index (κ1) is 15.8. The Labute approximate surface area is 134 Å². The molecular weight excluding hydrogens is 353 g/mol. The predicted octanol–water partition coefficient (Wildman–Crippen LogP) is 2.93. The maximum absolute atomic E-state index is 12.3. The van der Waals surface area contributed by atoms with Gasteiger partial charge < -0.3 is 0 Å². The van der Waals surface area contributed by atoms with E-state index in [2.05, 4.69) is 5.32 Å². The van der Waals surface area contributed by atoms with Crippen molar-refractivity contribution in [2.75, 3.05) is 5.32 Å².